The van der Waals surface area contributed by atoms with Gasteiger partial charge in [-0.2, -0.15) is 0 Å². The molecule has 0 saturated heterocycles. The molecule has 0 saturated carbocycles. The van der Waals surface area contributed by atoms with Crippen molar-refractivity contribution in [2.75, 3.05) is 0 Å². The number of allylic oxidation sites excluding steroid dienone is 2. The number of fused-ring (bicyclic) bond motifs is 2. The predicted molar refractivity (Wildman–Crippen MR) is 144 cm³/mol. The van der Waals surface area contributed by atoms with Crippen LogP contribution in [0.1, 0.15) is 68.3 Å². The van der Waals surface area contributed by atoms with Crippen LogP contribution < -0.4 is 0 Å². The van der Waals surface area contributed by atoms with Crippen LogP contribution in [0.15, 0.2) is 47.5 Å². The Labute approximate surface area is 203 Å². The molecule has 2 unspecified atom stereocenters. The van der Waals surface area contributed by atoms with Gasteiger partial charge in [0.05, 0.1) is 0 Å². The summed E-state index contributed by atoms with van der Waals surface area (Å²) < 4.78 is 0.389. The van der Waals surface area contributed by atoms with Crippen molar-refractivity contribution in [3.63, 3.8) is 0 Å². The molecule has 2 aromatic rings. The summed E-state index contributed by atoms with van der Waals surface area (Å²) in [5.41, 5.74) is 11.1. The summed E-state index contributed by atoms with van der Waals surface area (Å²) in [7, 11) is 16.7. The molecule has 171 valence electrons. The van der Waals surface area contributed by atoms with E-state index in [0.29, 0.717) is 11.8 Å². The van der Waals surface area contributed by atoms with Crippen molar-refractivity contribution in [3.8, 4) is 0 Å². The van der Waals surface area contributed by atoms with E-state index in [1.54, 1.807) is 0 Å². The summed E-state index contributed by atoms with van der Waals surface area (Å²) in [6.07, 6.45) is 4.89. The minimum absolute atomic E-state index is 0.194. The van der Waals surface area contributed by atoms with Crippen molar-refractivity contribution in [1.82, 2.24) is 0 Å². The first-order valence-corrected chi connectivity index (χ1v) is 28.4. The van der Waals surface area contributed by atoms with Gasteiger partial charge in [0.1, 0.15) is 0 Å². The second-order valence-electron chi connectivity index (χ2n) is 11.0. The van der Waals surface area contributed by atoms with Gasteiger partial charge < -0.3 is 0 Å². The zero-order valence-corrected chi connectivity index (χ0v) is 25.9. The third-order valence-electron chi connectivity index (χ3n) is 8.17. The normalized spacial score (nSPS) is 21.5. The van der Waals surface area contributed by atoms with Gasteiger partial charge in [0, 0.05) is 0 Å². The number of hydrogen-bond donors (Lipinski definition) is 0. The molecule has 2 aliphatic carbocycles. The van der Waals surface area contributed by atoms with Crippen LogP contribution >= 0.6 is 17.0 Å². The van der Waals surface area contributed by atoms with Gasteiger partial charge in [-0.25, -0.2) is 0 Å². The van der Waals surface area contributed by atoms with Gasteiger partial charge in [-0.05, 0) is 0 Å². The fourth-order valence-corrected chi connectivity index (χ4v) is 37.7. The molecular weight excluding hydrogens is 527 g/mol. The molecule has 0 radical (unpaired) electrons. The molecule has 0 aliphatic heterocycles. The molecule has 32 heavy (non-hydrogen) atoms. The summed E-state index contributed by atoms with van der Waals surface area (Å²) in [6, 6.07) is 13.5. The Balaban J connectivity index is 2.07. The molecule has 2 atom stereocenters. The van der Waals surface area contributed by atoms with Crippen molar-refractivity contribution in [2.24, 2.45) is 11.8 Å². The Bertz CT molecular complexity index is 1060. The Morgan fingerprint density at radius 2 is 1.09 bits per heavy atom. The van der Waals surface area contributed by atoms with E-state index in [0.717, 1.165) is 0 Å². The molecule has 0 N–H and O–H groups in total. The van der Waals surface area contributed by atoms with Gasteiger partial charge in [0.2, 0.25) is 0 Å². The molecule has 0 amide bonds. The quantitative estimate of drug-likeness (QED) is 0.318. The fourth-order valence-electron chi connectivity index (χ4n) is 6.23. The van der Waals surface area contributed by atoms with Crippen LogP contribution in [0.25, 0.3) is 12.2 Å². The van der Waals surface area contributed by atoms with Gasteiger partial charge in [0.25, 0.3) is 0 Å². The van der Waals surface area contributed by atoms with Gasteiger partial charge in [-0.3, -0.25) is 0 Å². The van der Waals surface area contributed by atoms with Crippen molar-refractivity contribution in [3.05, 3.63) is 80.9 Å². The number of aryl methyl sites for hydroxylation is 2. The van der Waals surface area contributed by atoms with E-state index in [1.807, 2.05) is 0 Å². The molecule has 4 rings (SSSR count). The van der Waals surface area contributed by atoms with Crippen LogP contribution in [-0.4, -0.2) is 5.92 Å². The molecule has 0 fully saturated rings. The zero-order chi connectivity index (χ0) is 23.6. The van der Waals surface area contributed by atoms with E-state index >= 15 is 0 Å². The van der Waals surface area contributed by atoms with E-state index in [9.17, 15) is 0 Å². The summed E-state index contributed by atoms with van der Waals surface area (Å²) >= 11 is -4.55. The average Bonchev–Trinajstić information content (AvgIpc) is 3.30. The standard InChI is InChI=1S/2C13H15.C2H7Si.2ClH.Zr/c2*1-9(2)12-7-11-6-4-5-10(3)13(11)8-12;1-3-2;;;/h2*4-9H,1-3H3;3H,1-2H3;2*1H;/q;;;;;+2/p-2. The van der Waals surface area contributed by atoms with E-state index in [1.165, 1.54) is 44.5 Å². The SMILES string of the molecule is Cc1cccc2c1C=C(C(C)C)[CH]2[Zr]([Cl])([Cl])([CH]1C(C(C)C)=Cc2c(C)cccc21)[SiH](C)C. The average molecular weight is 564 g/mol. The first kappa shape index (κ1) is 24.7. The fraction of sp³-hybridized carbons (Fsp3) is 0.429. The topological polar surface area (TPSA) is 0 Å². The molecule has 0 aromatic heterocycles. The minimum atomic E-state index is -4.55. The molecular formula is C28H37Cl2SiZr. The molecule has 4 heteroatoms. The maximum atomic E-state index is 8.34. The molecule has 0 spiro atoms. The molecule has 2 aliphatic rings. The summed E-state index contributed by atoms with van der Waals surface area (Å²) in [5, 5.41) is 0. The van der Waals surface area contributed by atoms with Crippen LogP contribution in [-0.2, 0) is 15.6 Å². The van der Waals surface area contributed by atoms with Crippen LogP contribution in [0.5, 0.6) is 0 Å². The van der Waals surface area contributed by atoms with Gasteiger partial charge in [-0.15, -0.1) is 0 Å². The number of benzene rings is 2. The van der Waals surface area contributed by atoms with Crippen molar-refractivity contribution < 1.29 is 15.6 Å². The van der Waals surface area contributed by atoms with E-state index in [-0.39, 0.29) is 7.25 Å². The van der Waals surface area contributed by atoms with Crippen molar-refractivity contribution in [2.45, 2.75) is 61.9 Å². The Kier molecular flexibility index (Phi) is 6.46. The molecule has 0 bridgehead atoms. The van der Waals surface area contributed by atoms with Crippen LogP contribution in [0, 0.1) is 25.7 Å². The van der Waals surface area contributed by atoms with E-state index in [4.69, 9.17) is 17.0 Å². The van der Waals surface area contributed by atoms with Crippen LogP contribution in [0.3, 0.4) is 0 Å². The first-order valence-electron chi connectivity index (χ1n) is 12.1. The number of rotatable bonds is 5. The van der Waals surface area contributed by atoms with Crippen LogP contribution in [0.2, 0.25) is 13.1 Å². The maximum absolute atomic E-state index is 8.34. The molecule has 0 nitrogen and oxygen atoms in total. The second kappa shape index (κ2) is 8.37. The predicted octanol–water partition coefficient (Wildman–Crippen LogP) is 9.17. The summed E-state index contributed by atoms with van der Waals surface area (Å²) in [6.45, 7) is 18.6. The summed E-state index contributed by atoms with van der Waals surface area (Å²) in [4.78, 5) is 0. The van der Waals surface area contributed by atoms with Crippen molar-refractivity contribution in [1.29, 1.82) is 0 Å². The number of hydrogen-bond acceptors (Lipinski definition) is 0. The Morgan fingerprint density at radius 3 is 1.41 bits per heavy atom. The third kappa shape index (κ3) is 3.46. The molecule has 0 heterocycles. The van der Waals surface area contributed by atoms with Gasteiger partial charge in [0.15, 0.2) is 0 Å². The van der Waals surface area contributed by atoms with Gasteiger partial charge in [-0.1, -0.05) is 0 Å². The van der Waals surface area contributed by atoms with E-state index in [2.05, 4.69) is 103 Å². The Hall–Kier alpha value is -0.400. The monoisotopic (exact) mass is 561 g/mol. The summed E-state index contributed by atoms with van der Waals surface area (Å²) in [5.74, 6) is -0.620. The van der Waals surface area contributed by atoms with Gasteiger partial charge >= 0.3 is 205 Å². The second-order valence-corrected chi connectivity index (χ2v) is 53.5. The van der Waals surface area contributed by atoms with Crippen LogP contribution in [0.4, 0.5) is 0 Å². The zero-order valence-electron chi connectivity index (χ0n) is 20.8. The van der Waals surface area contributed by atoms with E-state index < -0.39 is 21.5 Å². The Morgan fingerprint density at radius 1 is 0.719 bits per heavy atom. The first-order chi connectivity index (χ1) is 14.9. The number of halogens is 2. The molecule has 2 aromatic carbocycles. The third-order valence-corrected chi connectivity index (χ3v) is 59.8. The van der Waals surface area contributed by atoms with Crippen molar-refractivity contribution >= 4 is 35.1 Å².